The summed E-state index contributed by atoms with van der Waals surface area (Å²) in [6, 6.07) is 22.5. The molecule has 5 heteroatoms. The zero-order valence-corrected chi connectivity index (χ0v) is 15.7. The van der Waals surface area contributed by atoms with Crippen molar-refractivity contribution in [3.05, 3.63) is 89.5 Å². The van der Waals surface area contributed by atoms with Crippen LogP contribution in [0.1, 0.15) is 40.2 Å². The van der Waals surface area contributed by atoms with E-state index in [9.17, 15) is 9.59 Å². The van der Waals surface area contributed by atoms with E-state index in [0.717, 1.165) is 24.0 Å². The highest BCUT2D eigenvalue weighted by atomic mass is 16.5. The van der Waals surface area contributed by atoms with Crippen LogP contribution in [0.2, 0.25) is 0 Å². The maximum atomic E-state index is 13.4. The summed E-state index contributed by atoms with van der Waals surface area (Å²) in [6.07, 6.45) is 2.02. The molecule has 2 aliphatic rings. The number of rotatable bonds is 4. The quantitative estimate of drug-likeness (QED) is 0.698. The van der Waals surface area contributed by atoms with Gasteiger partial charge in [0.25, 0.3) is 5.91 Å². The standard InChI is InChI=1S/C24H20N2O3/c27-23(25-15-13-14-15)16-7-1-4-10-19(16)26-24(28)22-17-8-2-5-11-20(17)29-21-12-6-3-9-18(21)22/h1-12,15,22H,13-14H2,(H,25,27)(H,26,28). The van der Waals surface area contributed by atoms with Crippen LogP contribution in [-0.2, 0) is 4.79 Å². The van der Waals surface area contributed by atoms with Crippen LogP contribution in [0.4, 0.5) is 5.69 Å². The second kappa shape index (κ2) is 7.09. The molecule has 2 amide bonds. The van der Waals surface area contributed by atoms with Gasteiger partial charge in [-0.2, -0.15) is 0 Å². The minimum atomic E-state index is -0.518. The molecule has 1 heterocycles. The monoisotopic (exact) mass is 384 g/mol. The van der Waals surface area contributed by atoms with E-state index < -0.39 is 5.92 Å². The Bertz CT molecular complexity index is 1060. The number of para-hydroxylation sites is 3. The van der Waals surface area contributed by atoms with E-state index >= 15 is 0 Å². The number of carbonyl (C=O) groups excluding carboxylic acids is 2. The van der Waals surface area contributed by atoms with E-state index in [1.165, 1.54) is 0 Å². The third-order valence-corrected chi connectivity index (χ3v) is 5.28. The van der Waals surface area contributed by atoms with Crippen LogP contribution in [0.3, 0.4) is 0 Å². The summed E-state index contributed by atoms with van der Waals surface area (Å²) in [5, 5.41) is 5.97. The number of carbonyl (C=O) groups is 2. The van der Waals surface area contributed by atoms with E-state index in [4.69, 9.17) is 4.74 Å². The Hall–Kier alpha value is -3.60. The second-order valence-corrected chi connectivity index (χ2v) is 7.39. The average Bonchev–Trinajstić information content (AvgIpc) is 3.56. The highest BCUT2D eigenvalue weighted by molar-refractivity contribution is 6.06. The van der Waals surface area contributed by atoms with Gasteiger partial charge in [-0.05, 0) is 37.1 Å². The van der Waals surface area contributed by atoms with Gasteiger partial charge in [0.1, 0.15) is 11.5 Å². The number of nitrogens with one attached hydrogen (secondary N) is 2. The molecular formula is C24H20N2O3. The first kappa shape index (κ1) is 17.5. The van der Waals surface area contributed by atoms with Gasteiger partial charge in [0.2, 0.25) is 5.91 Å². The van der Waals surface area contributed by atoms with Crippen LogP contribution in [0.5, 0.6) is 11.5 Å². The Labute approximate surface area is 168 Å². The SMILES string of the molecule is O=C(NC1CC1)c1ccccc1NC(=O)C1c2ccccc2Oc2ccccc21. The summed E-state index contributed by atoms with van der Waals surface area (Å²) in [7, 11) is 0. The fraction of sp³-hybridized carbons (Fsp3) is 0.167. The number of fused-ring (bicyclic) bond motifs is 2. The summed E-state index contributed by atoms with van der Waals surface area (Å²) in [5.41, 5.74) is 2.60. The van der Waals surface area contributed by atoms with Gasteiger partial charge in [0.15, 0.2) is 0 Å². The highest BCUT2D eigenvalue weighted by Crippen LogP contribution is 2.44. The molecule has 1 fully saturated rings. The molecule has 0 bridgehead atoms. The fourth-order valence-corrected chi connectivity index (χ4v) is 3.68. The molecule has 3 aromatic carbocycles. The molecule has 0 aromatic heterocycles. The van der Waals surface area contributed by atoms with Crippen molar-refractivity contribution >= 4 is 17.5 Å². The largest absolute Gasteiger partial charge is 0.457 e. The minimum absolute atomic E-state index is 0.156. The normalized spacial score (nSPS) is 14.9. The van der Waals surface area contributed by atoms with Crippen molar-refractivity contribution in [2.75, 3.05) is 5.32 Å². The topological polar surface area (TPSA) is 67.4 Å². The number of benzene rings is 3. The molecule has 0 radical (unpaired) electrons. The van der Waals surface area contributed by atoms with Crippen molar-refractivity contribution in [3.63, 3.8) is 0 Å². The van der Waals surface area contributed by atoms with Crippen molar-refractivity contribution < 1.29 is 14.3 Å². The van der Waals surface area contributed by atoms with E-state index in [-0.39, 0.29) is 17.9 Å². The van der Waals surface area contributed by atoms with E-state index in [1.807, 2.05) is 54.6 Å². The van der Waals surface area contributed by atoms with Crippen LogP contribution in [0, 0.1) is 0 Å². The predicted octanol–water partition coefficient (Wildman–Crippen LogP) is 4.46. The van der Waals surface area contributed by atoms with Crippen molar-refractivity contribution in [3.8, 4) is 11.5 Å². The first-order chi connectivity index (χ1) is 14.2. The molecule has 5 nitrogen and oxygen atoms in total. The zero-order chi connectivity index (χ0) is 19.8. The average molecular weight is 384 g/mol. The van der Waals surface area contributed by atoms with Gasteiger partial charge >= 0.3 is 0 Å². The fourth-order valence-electron chi connectivity index (χ4n) is 3.68. The van der Waals surface area contributed by atoms with Crippen LogP contribution in [-0.4, -0.2) is 17.9 Å². The van der Waals surface area contributed by atoms with Crippen molar-refractivity contribution in [2.45, 2.75) is 24.8 Å². The maximum absolute atomic E-state index is 13.4. The lowest BCUT2D eigenvalue weighted by atomic mass is 9.87. The molecule has 0 spiro atoms. The number of ether oxygens (including phenoxy) is 1. The molecular weight excluding hydrogens is 364 g/mol. The summed E-state index contributed by atoms with van der Waals surface area (Å²) < 4.78 is 5.98. The molecule has 3 aromatic rings. The summed E-state index contributed by atoms with van der Waals surface area (Å²) in [5.74, 6) is 0.476. The molecule has 1 aliphatic heterocycles. The lowest BCUT2D eigenvalue weighted by molar-refractivity contribution is -0.116. The molecule has 1 aliphatic carbocycles. The first-order valence-corrected chi connectivity index (χ1v) is 9.77. The molecule has 29 heavy (non-hydrogen) atoms. The molecule has 0 unspecified atom stereocenters. The van der Waals surface area contributed by atoms with Crippen molar-refractivity contribution in [2.24, 2.45) is 0 Å². The molecule has 2 N–H and O–H groups in total. The third-order valence-electron chi connectivity index (χ3n) is 5.28. The number of amides is 2. The number of hydrogen-bond acceptors (Lipinski definition) is 3. The lowest BCUT2D eigenvalue weighted by Gasteiger charge is -2.27. The Kier molecular flexibility index (Phi) is 4.28. The maximum Gasteiger partial charge on any atom is 0.253 e. The Morgan fingerprint density at radius 1 is 0.793 bits per heavy atom. The van der Waals surface area contributed by atoms with Crippen LogP contribution in [0.15, 0.2) is 72.8 Å². The molecule has 0 saturated heterocycles. The zero-order valence-electron chi connectivity index (χ0n) is 15.7. The molecule has 0 atom stereocenters. The third kappa shape index (κ3) is 3.36. The minimum Gasteiger partial charge on any atom is -0.457 e. The number of anilines is 1. The van der Waals surface area contributed by atoms with Crippen LogP contribution >= 0.6 is 0 Å². The smallest absolute Gasteiger partial charge is 0.253 e. The van der Waals surface area contributed by atoms with E-state index in [1.54, 1.807) is 18.2 Å². The van der Waals surface area contributed by atoms with Gasteiger partial charge < -0.3 is 15.4 Å². The van der Waals surface area contributed by atoms with Gasteiger partial charge in [0.05, 0.1) is 17.2 Å². The Morgan fingerprint density at radius 2 is 1.38 bits per heavy atom. The van der Waals surface area contributed by atoms with Gasteiger partial charge in [-0.3, -0.25) is 9.59 Å². The van der Waals surface area contributed by atoms with E-state index in [2.05, 4.69) is 10.6 Å². The second-order valence-electron chi connectivity index (χ2n) is 7.39. The summed E-state index contributed by atoms with van der Waals surface area (Å²) in [4.78, 5) is 26.0. The van der Waals surface area contributed by atoms with Crippen LogP contribution < -0.4 is 15.4 Å². The van der Waals surface area contributed by atoms with Crippen molar-refractivity contribution in [1.82, 2.24) is 5.32 Å². The molecule has 5 rings (SSSR count). The van der Waals surface area contributed by atoms with Gasteiger partial charge in [-0.1, -0.05) is 48.5 Å². The molecule has 144 valence electrons. The summed E-state index contributed by atoms with van der Waals surface area (Å²) >= 11 is 0. The predicted molar refractivity (Wildman–Crippen MR) is 110 cm³/mol. The van der Waals surface area contributed by atoms with Gasteiger partial charge in [-0.25, -0.2) is 0 Å². The van der Waals surface area contributed by atoms with Crippen molar-refractivity contribution in [1.29, 1.82) is 0 Å². The van der Waals surface area contributed by atoms with Gasteiger partial charge in [0, 0.05) is 17.2 Å². The number of hydrogen-bond donors (Lipinski definition) is 2. The van der Waals surface area contributed by atoms with Gasteiger partial charge in [-0.15, -0.1) is 0 Å². The van der Waals surface area contributed by atoms with Crippen LogP contribution in [0.25, 0.3) is 0 Å². The highest BCUT2D eigenvalue weighted by Gasteiger charge is 2.33. The molecule has 1 saturated carbocycles. The summed E-state index contributed by atoms with van der Waals surface area (Å²) in [6.45, 7) is 0. The Balaban J connectivity index is 1.49. The lowest BCUT2D eigenvalue weighted by Crippen LogP contribution is -2.29. The van der Waals surface area contributed by atoms with E-state index in [0.29, 0.717) is 22.7 Å². The first-order valence-electron chi connectivity index (χ1n) is 9.77. The Morgan fingerprint density at radius 3 is 2.03 bits per heavy atom.